The maximum Gasteiger partial charge on any atom is 0.269 e. The summed E-state index contributed by atoms with van der Waals surface area (Å²) >= 11 is 0. The van der Waals surface area contributed by atoms with Crippen molar-refractivity contribution in [3.05, 3.63) is 79.3 Å². The van der Waals surface area contributed by atoms with Crippen molar-refractivity contribution in [2.45, 2.75) is 13.0 Å². The van der Waals surface area contributed by atoms with E-state index in [4.69, 9.17) is 0 Å². The molecule has 0 bridgehead atoms. The minimum absolute atomic E-state index is 0.168. The van der Waals surface area contributed by atoms with Crippen LogP contribution in [0.15, 0.2) is 73.6 Å². The molecular formula is C21H19N5O. The number of amides is 1. The highest BCUT2D eigenvalue weighted by atomic mass is 16.1. The summed E-state index contributed by atoms with van der Waals surface area (Å²) in [6.07, 6.45) is 9.81. The zero-order valence-corrected chi connectivity index (χ0v) is 14.7. The van der Waals surface area contributed by atoms with Crippen molar-refractivity contribution < 1.29 is 4.79 Å². The Morgan fingerprint density at radius 1 is 1.04 bits per heavy atom. The Hall–Kier alpha value is -3.54. The number of nitrogens with zero attached hydrogens (tertiary/aromatic N) is 4. The second-order valence-corrected chi connectivity index (χ2v) is 6.23. The van der Waals surface area contributed by atoms with Gasteiger partial charge in [0.2, 0.25) is 0 Å². The molecule has 1 N–H and O–H groups in total. The minimum Gasteiger partial charge on any atom is -0.351 e. The lowest BCUT2D eigenvalue weighted by Crippen LogP contribution is -2.26. The van der Waals surface area contributed by atoms with E-state index in [0.717, 1.165) is 35.0 Å². The summed E-state index contributed by atoms with van der Waals surface area (Å²) in [5.74, 6) is -0.168. The summed E-state index contributed by atoms with van der Waals surface area (Å²) in [5, 5.41) is 3.84. The van der Waals surface area contributed by atoms with E-state index in [1.165, 1.54) is 0 Å². The third kappa shape index (κ3) is 3.84. The van der Waals surface area contributed by atoms with E-state index in [2.05, 4.69) is 20.3 Å². The van der Waals surface area contributed by atoms with Crippen LogP contribution in [0.5, 0.6) is 0 Å². The molecular weight excluding hydrogens is 338 g/mol. The first-order chi connectivity index (χ1) is 13.3. The fraction of sp³-hybridized carbons (Fsp3) is 0.143. The van der Waals surface area contributed by atoms with Gasteiger partial charge in [0.1, 0.15) is 5.69 Å². The normalized spacial score (nSPS) is 10.8. The van der Waals surface area contributed by atoms with E-state index < -0.39 is 0 Å². The average Bonchev–Trinajstić information content (AvgIpc) is 3.24. The molecule has 4 rings (SSSR count). The monoisotopic (exact) mass is 357 g/mol. The van der Waals surface area contributed by atoms with Gasteiger partial charge in [0.25, 0.3) is 5.91 Å². The Balaban J connectivity index is 1.51. The standard InChI is InChI=1S/C21H19N5O/c27-21(24-9-4-11-26-12-10-22-15-26)19-8-7-17-13-23-14-18(20(17)25-19)16-5-2-1-3-6-16/h1-3,5-8,10,12-15H,4,9,11H2,(H,24,27). The molecule has 4 aromatic rings. The number of hydrogen-bond donors (Lipinski definition) is 1. The summed E-state index contributed by atoms with van der Waals surface area (Å²) in [6, 6.07) is 13.6. The molecule has 134 valence electrons. The molecule has 0 aliphatic carbocycles. The van der Waals surface area contributed by atoms with Gasteiger partial charge >= 0.3 is 0 Å². The molecule has 3 aromatic heterocycles. The van der Waals surface area contributed by atoms with E-state index in [1.54, 1.807) is 31.0 Å². The van der Waals surface area contributed by atoms with E-state index >= 15 is 0 Å². The summed E-state index contributed by atoms with van der Waals surface area (Å²) in [7, 11) is 0. The molecule has 3 heterocycles. The largest absolute Gasteiger partial charge is 0.351 e. The van der Waals surface area contributed by atoms with Gasteiger partial charge < -0.3 is 9.88 Å². The molecule has 0 aliphatic heterocycles. The highest BCUT2D eigenvalue weighted by Gasteiger charge is 2.11. The van der Waals surface area contributed by atoms with Gasteiger partial charge in [-0.2, -0.15) is 0 Å². The maximum absolute atomic E-state index is 12.5. The number of imidazole rings is 1. The predicted octanol–water partition coefficient (Wildman–Crippen LogP) is 3.31. The van der Waals surface area contributed by atoms with Crippen molar-refractivity contribution >= 4 is 16.8 Å². The molecule has 0 unspecified atom stereocenters. The number of nitrogens with one attached hydrogen (secondary N) is 1. The van der Waals surface area contributed by atoms with E-state index in [9.17, 15) is 4.79 Å². The zero-order valence-electron chi connectivity index (χ0n) is 14.7. The number of rotatable bonds is 6. The quantitative estimate of drug-likeness (QED) is 0.537. The number of pyridine rings is 2. The molecule has 0 saturated carbocycles. The lowest BCUT2D eigenvalue weighted by atomic mass is 10.0. The minimum atomic E-state index is -0.168. The lowest BCUT2D eigenvalue weighted by Gasteiger charge is -2.09. The van der Waals surface area contributed by atoms with Gasteiger partial charge in [0.05, 0.1) is 11.8 Å². The Kier molecular flexibility index (Phi) is 4.87. The lowest BCUT2D eigenvalue weighted by molar-refractivity contribution is 0.0948. The van der Waals surface area contributed by atoms with Gasteiger partial charge in [0, 0.05) is 48.8 Å². The van der Waals surface area contributed by atoms with Crippen LogP contribution in [0.2, 0.25) is 0 Å². The number of carbonyl (C=O) groups excluding carboxylic acids is 1. The number of aryl methyl sites for hydroxylation is 1. The molecule has 1 amide bonds. The van der Waals surface area contributed by atoms with Gasteiger partial charge in [0.15, 0.2) is 0 Å². The smallest absolute Gasteiger partial charge is 0.269 e. The van der Waals surface area contributed by atoms with Crippen LogP contribution in [0.25, 0.3) is 22.0 Å². The van der Waals surface area contributed by atoms with Crippen molar-refractivity contribution in [3.8, 4) is 11.1 Å². The molecule has 6 nitrogen and oxygen atoms in total. The second-order valence-electron chi connectivity index (χ2n) is 6.23. The van der Waals surface area contributed by atoms with E-state index in [-0.39, 0.29) is 5.91 Å². The Morgan fingerprint density at radius 2 is 1.93 bits per heavy atom. The highest BCUT2D eigenvalue weighted by molar-refractivity contribution is 5.98. The SMILES string of the molecule is O=C(NCCCn1ccnc1)c1ccc2cncc(-c3ccccc3)c2n1. The molecule has 0 aliphatic rings. The van der Waals surface area contributed by atoms with Crippen molar-refractivity contribution in [1.82, 2.24) is 24.8 Å². The van der Waals surface area contributed by atoms with Gasteiger partial charge in [-0.15, -0.1) is 0 Å². The predicted molar refractivity (Wildman–Crippen MR) is 104 cm³/mol. The van der Waals surface area contributed by atoms with Crippen molar-refractivity contribution in [3.63, 3.8) is 0 Å². The van der Waals surface area contributed by atoms with Gasteiger partial charge in [-0.05, 0) is 24.1 Å². The van der Waals surface area contributed by atoms with Crippen LogP contribution >= 0.6 is 0 Å². The number of fused-ring (bicyclic) bond motifs is 1. The van der Waals surface area contributed by atoms with Crippen LogP contribution in [-0.4, -0.2) is 32.0 Å². The van der Waals surface area contributed by atoms with Gasteiger partial charge in [-0.25, -0.2) is 9.97 Å². The molecule has 0 spiro atoms. The van der Waals surface area contributed by atoms with Crippen LogP contribution < -0.4 is 5.32 Å². The Bertz CT molecular complexity index is 1040. The van der Waals surface area contributed by atoms with E-state index in [1.807, 2.05) is 47.2 Å². The first kappa shape index (κ1) is 16.9. The van der Waals surface area contributed by atoms with Crippen molar-refractivity contribution in [2.24, 2.45) is 0 Å². The number of benzene rings is 1. The van der Waals surface area contributed by atoms with Crippen LogP contribution in [0.4, 0.5) is 0 Å². The maximum atomic E-state index is 12.5. The molecule has 1 aromatic carbocycles. The van der Waals surface area contributed by atoms with Gasteiger partial charge in [-0.3, -0.25) is 9.78 Å². The highest BCUT2D eigenvalue weighted by Crippen LogP contribution is 2.26. The summed E-state index contributed by atoms with van der Waals surface area (Å²) in [6.45, 7) is 1.40. The zero-order chi connectivity index (χ0) is 18.5. The fourth-order valence-electron chi connectivity index (χ4n) is 2.97. The van der Waals surface area contributed by atoms with E-state index in [0.29, 0.717) is 12.2 Å². The molecule has 0 radical (unpaired) electrons. The first-order valence-electron chi connectivity index (χ1n) is 8.85. The summed E-state index contributed by atoms with van der Waals surface area (Å²) < 4.78 is 1.99. The van der Waals surface area contributed by atoms with Crippen molar-refractivity contribution in [2.75, 3.05) is 6.54 Å². The molecule has 0 fully saturated rings. The average molecular weight is 357 g/mol. The third-order valence-corrected chi connectivity index (χ3v) is 4.35. The van der Waals surface area contributed by atoms with Crippen LogP contribution in [0.1, 0.15) is 16.9 Å². The number of hydrogen-bond acceptors (Lipinski definition) is 4. The van der Waals surface area contributed by atoms with Crippen LogP contribution in [0, 0.1) is 0 Å². The summed E-state index contributed by atoms with van der Waals surface area (Å²) in [4.78, 5) is 25.4. The molecule has 0 atom stereocenters. The van der Waals surface area contributed by atoms with Crippen LogP contribution in [0.3, 0.4) is 0 Å². The van der Waals surface area contributed by atoms with Crippen molar-refractivity contribution in [1.29, 1.82) is 0 Å². The van der Waals surface area contributed by atoms with Gasteiger partial charge in [-0.1, -0.05) is 30.3 Å². The molecule has 0 saturated heterocycles. The topological polar surface area (TPSA) is 72.7 Å². The summed E-state index contributed by atoms with van der Waals surface area (Å²) in [5.41, 5.74) is 3.14. The van der Waals surface area contributed by atoms with Crippen LogP contribution in [-0.2, 0) is 6.54 Å². The number of carbonyl (C=O) groups is 1. The fourth-order valence-corrected chi connectivity index (χ4v) is 2.97. The third-order valence-electron chi connectivity index (χ3n) is 4.35. The second kappa shape index (κ2) is 7.78. The number of aromatic nitrogens is 4. The Morgan fingerprint density at radius 3 is 2.74 bits per heavy atom. The first-order valence-corrected chi connectivity index (χ1v) is 8.85. The molecule has 6 heteroatoms. The molecule has 27 heavy (non-hydrogen) atoms. The Labute approximate surface area is 156 Å².